The van der Waals surface area contributed by atoms with Crippen molar-refractivity contribution in [1.29, 1.82) is 0 Å². The molecule has 1 aromatic carbocycles. The standard InChI is InChI=1S/C15H21BrN2O/c1-11(9-17-2)14(19)18-10-15(7-8-15)12-5-3-4-6-13(12)16/h3-6,11,17H,7-10H2,1-2H3,(H,18,19). The van der Waals surface area contributed by atoms with E-state index in [0.717, 1.165) is 23.9 Å². The van der Waals surface area contributed by atoms with Crippen molar-refractivity contribution in [2.45, 2.75) is 25.2 Å². The number of carbonyl (C=O) groups excluding carboxylic acids is 1. The number of hydrogen-bond acceptors (Lipinski definition) is 2. The van der Waals surface area contributed by atoms with E-state index in [4.69, 9.17) is 0 Å². The van der Waals surface area contributed by atoms with Crippen molar-refractivity contribution >= 4 is 21.8 Å². The number of amides is 1. The Balaban J connectivity index is 1.96. The molecule has 2 N–H and O–H groups in total. The molecule has 3 nitrogen and oxygen atoms in total. The van der Waals surface area contributed by atoms with Crippen molar-refractivity contribution in [2.75, 3.05) is 20.1 Å². The molecule has 1 atom stereocenters. The zero-order valence-electron chi connectivity index (χ0n) is 11.5. The van der Waals surface area contributed by atoms with Gasteiger partial charge in [-0.1, -0.05) is 41.1 Å². The van der Waals surface area contributed by atoms with Gasteiger partial charge in [-0.2, -0.15) is 0 Å². The van der Waals surface area contributed by atoms with Gasteiger partial charge in [-0.3, -0.25) is 4.79 Å². The first-order chi connectivity index (χ1) is 9.09. The minimum atomic E-state index is 0.0139. The van der Waals surface area contributed by atoms with E-state index in [0.29, 0.717) is 6.54 Å². The van der Waals surface area contributed by atoms with Crippen LogP contribution in [-0.4, -0.2) is 26.0 Å². The molecule has 0 saturated heterocycles. The molecule has 1 fully saturated rings. The Labute approximate surface area is 123 Å². The van der Waals surface area contributed by atoms with Gasteiger partial charge in [-0.25, -0.2) is 0 Å². The zero-order chi connectivity index (χ0) is 13.9. The SMILES string of the molecule is CNCC(C)C(=O)NCC1(c2ccccc2Br)CC1. The Bertz CT molecular complexity index is 457. The molecule has 1 aliphatic carbocycles. The lowest BCUT2D eigenvalue weighted by Gasteiger charge is -2.19. The van der Waals surface area contributed by atoms with E-state index in [-0.39, 0.29) is 17.2 Å². The number of hydrogen-bond donors (Lipinski definition) is 2. The molecule has 1 unspecified atom stereocenters. The number of benzene rings is 1. The van der Waals surface area contributed by atoms with Gasteiger partial charge in [0.1, 0.15) is 0 Å². The minimum absolute atomic E-state index is 0.0139. The molecule has 0 spiro atoms. The van der Waals surface area contributed by atoms with E-state index in [1.165, 1.54) is 5.56 Å². The quantitative estimate of drug-likeness (QED) is 0.844. The van der Waals surface area contributed by atoms with Crippen molar-refractivity contribution in [3.8, 4) is 0 Å². The number of rotatable bonds is 6. The van der Waals surface area contributed by atoms with Crippen LogP contribution in [0.1, 0.15) is 25.3 Å². The number of nitrogens with one attached hydrogen (secondary N) is 2. The lowest BCUT2D eigenvalue weighted by atomic mass is 9.95. The summed E-state index contributed by atoms with van der Waals surface area (Å²) in [5.41, 5.74) is 1.46. The summed E-state index contributed by atoms with van der Waals surface area (Å²) in [6, 6.07) is 8.31. The maximum Gasteiger partial charge on any atom is 0.224 e. The molecule has 1 saturated carbocycles. The van der Waals surface area contributed by atoms with Gasteiger partial charge >= 0.3 is 0 Å². The van der Waals surface area contributed by atoms with Crippen LogP contribution >= 0.6 is 15.9 Å². The molecule has 1 amide bonds. The lowest BCUT2D eigenvalue weighted by Crippen LogP contribution is -2.38. The molecular weight excluding hydrogens is 304 g/mol. The summed E-state index contributed by atoms with van der Waals surface area (Å²) in [6.45, 7) is 3.40. The van der Waals surface area contributed by atoms with Crippen molar-refractivity contribution < 1.29 is 4.79 Å². The topological polar surface area (TPSA) is 41.1 Å². The normalized spacial score (nSPS) is 17.8. The van der Waals surface area contributed by atoms with Crippen LogP contribution in [0.5, 0.6) is 0 Å². The molecule has 1 aromatic rings. The highest BCUT2D eigenvalue weighted by atomic mass is 79.9. The second-order valence-corrected chi connectivity index (χ2v) is 6.29. The maximum absolute atomic E-state index is 12.0. The predicted molar refractivity (Wildman–Crippen MR) is 81.2 cm³/mol. The van der Waals surface area contributed by atoms with Gasteiger partial charge in [-0.05, 0) is 31.5 Å². The van der Waals surface area contributed by atoms with E-state index in [1.54, 1.807) is 0 Å². The fourth-order valence-electron chi connectivity index (χ4n) is 2.41. The van der Waals surface area contributed by atoms with Crippen molar-refractivity contribution in [2.24, 2.45) is 5.92 Å². The Hall–Kier alpha value is -0.870. The second-order valence-electron chi connectivity index (χ2n) is 5.44. The monoisotopic (exact) mass is 324 g/mol. The minimum Gasteiger partial charge on any atom is -0.355 e. The summed E-state index contributed by atoms with van der Waals surface area (Å²) in [6.07, 6.45) is 2.30. The predicted octanol–water partition coefficient (Wildman–Crippen LogP) is 2.45. The van der Waals surface area contributed by atoms with E-state index in [2.05, 4.69) is 44.8 Å². The van der Waals surface area contributed by atoms with Crippen LogP contribution in [0.3, 0.4) is 0 Å². The highest BCUT2D eigenvalue weighted by Gasteiger charge is 2.45. The van der Waals surface area contributed by atoms with Crippen molar-refractivity contribution in [3.05, 3.63) is 34.3 Å². The molecule has 0 bridgehead atoms. The summed E-state index contributed by atoms with van der Waals surface area (Å²) in [5.74, 6) is 0.146. The summed E-state index contributed by atoms with van der Waals surface area (Å²) < 4.78 is 1.14. The van der Waals surface area contributed by atoms with Gasteiger partial charge in [-0.15, -0.1) is 0 Å². The van der Waals surface area contributed by atoms with Gasteiger partial charge in [0.2, 0.25) is 5.91 Å². The summed E-state index contributed by atoms with van der Waals surface area (Å²) in [4.78, 5) is 12.0. The average Bonchev–Trinajstić information content (AvgIpc) is 3.18. The summed E-state index contributed by atoms with van der Waals surface area (Å²) in [5, 5.41) is 6.13. The first kappa shape index (κ1) is 14.5. The average molecular weight is 325 g/mol. The second kappa shape index (κ2) is 6.06. The fourth-order valence-corrected chi connectivity index (χ4v) is 3.12. The third-order valence-corrected chi connectivity index (χ3v) is 4.55. The summed E-state index contributed by atoms with van der Waals surface area (Å²) >= 11 is 3.61. The van der Waals surface area contributed by atoms with Crippen LogP contribution < -0.4 is 10.6 Å². The molecule has 2 rings (SSSR count). The molecular formula is C15H21BrN2O. The molecule has 4 heteroatoms. The number of carbonyl (C=O) groups is 1. The number of halogens is 1. The van der Waals surface area contributed by atoms with Gasteiger partial charge in [0.25, 0.3) is 0 Å². The maximum atomic E-state index is 12.0. The Kier molecular flexibility index (Phi) is 4.63. The molecule has 0 aromatic heterocycles. The van der Waals surface area contributed by atoms with Gasteiger partial charge < -0.3 is 10.6 Å². The van der Waals surface area contributed by atoms with Gasteiger partial charge in [0, 0.05) is 28.9 Å². The van der Waals surface area contributed by atoms with E-state index in [1.807, 2.05) is 20.0 Å². The largest absolute Gasteiger partial charge is 0.355 e. The summed E-state index contributed by atoms with van der Waals surface area (Å²) in [7, 11) is 1.87. The highest BCUT2D eigenvalue weighted by molar-refractivity contribution is 9.10. The fraction of sp³-hybridized carbons (Fsp3) is 0.533. The molecule has 0 radical (unpaired) electrons. The molecule has 1 aliphatic rings. The molecule has 0 heterocycles. The van der Waals surface area contributed by atoms with Crippen molar-refractivity contribution in [1.82, 2.24) is 10.6 Å². The highest BCUT2D eigenvalue weighted by Crippen LogP contribution is 2.49. The van der Waals surface area contributed by atoms with Crippen LogP contribution in [0.25, 0.3) is 0 Å². The van der Waals surface area contributed by atoms with Crippen molar-refractivity contribution in [3.63, 3.8) is 0 Å². The Morgan fingerprint density at radius 1 is 1.42 bits per heavy atom. The first-order valence-corrected chi connectivity index (χ1v) is 7.56. The zero-order valence-corrected chi connectivity index (χ0v) is 13.1. The van der Waals surface area contributed by atoms with Crippen LogP contribution in [-0.2, 0) is 10.2 Å². The van der Waals surface area contributed by atoms with E-state index < -0.39 is 0 Å². The Morgan fingerprint density at radius 3 is 2.68 bits per heavy atom. The molecule has 0 aliphatic heterocycles. The van der Waals surface area contributed by atoms with E-state index >= 15 is 0 Å². The van der Waals surface area contributed by atoms with Crippen LogP contribution in [0, 0.1) is 5.92 Å². The third-order valence-electron chi connectivity index (χ3n) is 3.86. The van der Waals surface area contributed by atoms with Gasteiger partial charge in [0.15, 0.2) is 0 Å². The smallest absolute Gasteiger partial charge is 0.224 e. The van der Waals surface area contributed by atoms with Crippen LogP contribution in [0.4, 0.5) is 0 Å². The third kappa shape index (κ3) is 3.37. The first-order valence-electron chi connectivity index (χ1n) is 6.76. The Morgan fingerprint density at radius 2 is 2.11 bits per heavy atom. The van der Waals surface area contributed by atoms with E-state index in [9.17, 15) is 4.79 Å². The molecule has 19 heavy (non-hydrogen) atoms. The van der Waals surface area contributed by atoms with Gasteiger partial charge in [0.05, 0.1) is 0 Å². The lowest BCUT2D eigenvalue weighted by molar-refractivity contribution is -0.124. The van der Waals surface area contributed by atoms with Crippen LogP contribution in [0.2, 0.25) is 0 Å². The molecule has 104 valence electrons. The van der Waals surface area contributed by atoms with Crippen LogP contribution in [0.15, 0.2) is 28.7 Å².